The van der Waals surface area contributed by atoms with Crippen LogP contribution in [0.25, 0.3) is 0 Å². The fourth-order valence-electron chi connectivity index (χ4n) is 2.39. The molecule has 92 valence electrons. The van der Waals surface area contributed by atoms with Gasteiger partial charge < -0.3 is 4.90 Å². The fourth-order valence-corrected chi connectivity index (χ4v) is 2.39. The highest BCUT2D eigenvalue weighted by molar-refractivity contribution is 5.85. The number of nitrogens with zero attached hydrogens (tertiary/aromatic N) is 3. The van der Waals surface area contributed by atoms with Gasteiger partial charge in [0.25, 0.3) is 0 Å². The summed E-state index contributed by atoms with van der Waals surface area (Å²) in [5.74, 6) is -0.0999. The van der Waals surface area contributed by atoms with Crippen molar-refractivity contribution in [2.45, 2.75) is 44.9 Å². The van der Waals surface area contributed by atoms with E-state index in [0.29, 0.717) is 25.8 Å². The molecule has 0 heterocycles. The summed E-state index contributed by atoms with van der Waals surface area (Å²) in [6, 6.07) is 4.26. The molecule has 1 fully saturated rings. The van der Waals surface area contributed by atoms with Gasteiger partial charge in [-0.3, -0.25) is 4.79 Å². The van der Waals surface area contributed by atoms with Crippen molar-refractivity contribution in [1.82, 2.24) is 4.90 Å². The third kappa shape index (κ3) is 3.20. The number of carbonyl (C=O) groups excluding carboxylic acids is 1. The summed E-state index contributed by atoms with van der Waals surface area (Å²) in [5, 5.41) is 17.9. The maximum Gasteiger partial charge on any atom is 0.242 e. The number of nitriles is 2. The van der Waals surface area contributed by atoms with Crippen LogP contribution in [0, 0.1) is 28.1 Å². The van der Waals surface area contributed by atoms with Crippen molar-refractivity contribution in [2.75, 3.05) is 13.6 Å². The molecule has 4 heteroatoms. The molecular formula is C13H19N3O. The van der Waals surface area contributed by atoms with Crippen molar-refractivity contribution in [3.8, 4) is 12.1 Å². The third-order valence-electron chi connectivity index (χ3n) is 3.49. The summed E-state index contributed by atoms with van der Waals surface area (Å²) in [6.07, 6.45) is 5.77. The van der Waals surface area contributed by atoms with E-state index in [1.807, 2.05) is 6.07 Å². The Balaban J connectivity index is 2.75. The molecule has 0 spiro atoms. The van der Waals surface area contributed by atoms with Crippen LogP contribution < -0.4 is 0 Å². The van der Waals surface area contributed by atoms with E-state index in [1.54, 1.807) is 7.05 Å². The van der Waals surface area contributed by atoms with E-state index >= 15 is 0 Å². The normalized spacial score (nSPS) is 18.5. The van der Waals surface area contributed by atoms with Crippen LogP contribution in [-0.2, 0) is 4.79 Å². The fraction of sp³-hybridized carbons (Fsp3) is 0.769. The van der Waals surface area contributed by atoms with E-state index in [1.165, 1.54) is 4.90 Å². The molecule has 0 aliphatic heterocycles. The van der Waals surface area contributed by atoms with Crippen LogP contribution in [0.3, 0.4) is 0 Å². The average Bonchev–Trinajstić information content (AvgIpc) is 2.61. The molecule has 0 saturated heterocycles. The van der Waals surface area contributed by atoms with E-state index in [-0.39, 0.29) is 5.91 Å². The van der Waals surface area contributed by atoms with E-state index in [0.717, 1.165) is 25.7 Å². The number of carbonyl (C=O) groups is 1. The summed E-state index contributed by atoms with van der Waals surface area (Å²) < 4.78 is 0. The lowest BCUT2D eigenvalue weighted by Gasteiger charge is -2.28. The van der Waals surface area contributed by atoms with Gasteiger partial charge in [-0.2, -0.15) is 10.5 Å². The molecule has 0 bridgehead atoms. The van der Waals surface area contributed by atoms with Crippen LogP contribution in [0.2, 0.25) is 0 Å². The zero-order valence-electron chi connectivity index (χ0n) is 10.4. The van der Waals surface area contributed by atoms with Crippen LogP contribution >= 0.6 is 0 Å². The lowest BCUT2D eigenvalue weighted by Crippen LogP contribution is -2.41. The topological polar surface area (TPSA) is 67.9 Å². The van der Waals surface area contributed by atoms with Crippen molar-refractivity contribution in [1.29, 1.82) is 10.5 Å². The molecule has 0 aromatic heterocycles. The molecule has 4 nitrogen and oxygen atoms in total. The molecule has 0 radical (unpaired) electrons. The molecule has 0 aromatic carbocycles. The van der Waals surface area contributed by atoms with Gasteiger partial charge in [-0.05, 0) is 12.8 Å². The predicted octanol–water partition coefficient (Wildman–Crippen LogP) is 2.22. The molecule has 0 aromatic rings. The first-order valence-corrected chi connectivity index (χ1v) is 6.20. The summed E-state index contributed by atoms with van der Waals surface area (Å²) in [4.78, 5) is 13.8. The molecular weight excluding hydrogens is 214 g/mol. The van der Waals surface area contributed by atoms with Gasteiger partial charge in [0.2, 0.25) is 5.91 Å². The molecule has 1 rings (SSSR count). The van der Waals surface area contributed by atoms with Gasteiger partial charge in [-0.15, -0.1) is 0 Å². The minimum absolute atomic E-state index is 0.0999. The van der Waals surface area contributed by atoms with Crippen molar-refractivity contribution in [3.05, 3.63) is 0 Å². The Labute approximate surface area is 103 Å². The second-order valence-corrected chi connectivity index (χ2v) is 4.74. The van der Waals surface area contributed by atoms with E-state index < -0.39 is 5.41 Å². The summed E-state index contributed by atoms with van der Waals surface area (Å²) in [7, 11) is 1.68. The highest BCUT2D eigenvalue weighted by Crippen LogP contribution is 2.36. The highest BCUT2D eigenvalue weighted by Gasteiger charge is 2.40. The van der Waals surface area contributed by atoms with Crippen LogP contribution in [0.5, 0.6) is 0 Å². The highest BCUT2D eigenvalue weighted by atomic mass is 16.2. The van der Waals surface area contributed by atoms with E-state index in [4.69, 9.17) is 5.26 Å². The summed E-state index contributed by atoms with van der Waals surface area (Å²) in [5.41, 5.74) is -0.833. The van der Waals surface area contributed by atoms with Gasteiger partial charge in [-0.25, -0.2) is 0 Å². The minimum atomic E-state index is -0.833. The molecule has 17 heavy (non-hydrogen) atoms. The van der Waals surface area contributed by atoms with Crippen LogP contribution in [0.15, 0.2) is 0 Å². The quantitative estimate of drug-likeness (QED) is 0.702. The molecule has 0 atom stereocenters. The van der Waals surface area contributed by atoms with Gasteiger partial charge in [-0.1, -0.05) is 25.7 Å². The standard InChI is InChI=1S/C13H19N3O/c1-16(10-6-9-14)12(17)13(11-15)7-4-2-3-5-8-13/h2-8,10H2,1H3. The van der Waals surface area contributed by atoms with Crippen molar-refractivity contribution in [3.63, 3.8) is 0 Å². The Hall–Kier alpha value is -1.55. The summed E-state index contributed by atoms with van der Waals surface area (Å²) in [6.45, 7) is 0.415. The zero-order valence-corrected chi connectivity index (χ0v) is 10.4. The smallest absolute Gasteiger partial charge is 0.242 e. The minimum Gasteiger partial charge on any atom is -0.343 e. The maximum atomic E-state index is 12.3. The van der Waals surface area contributed by atoms with Crippen molar-refractivity contribution >= 4 is 5.91 Å². The number of hydrogen-bond acceptors (Lipinski definition) is 3. The van der Waals surface area contributed by atoms with Gasteiger partial charge >= 0.3 is 0 Å². The second-order valence-electron chi connectivity index (χ2n) is 4.74. The number of hydrogen-bond donors (Lipinski definition) is 0. The predicted molar refractivity (Wildman–Crippen MR) is 63.6 cm³/mol. The molecule has 1 saturated carbocycles. The third-order valence-corrected chi connectivity index (χ3v) is 3.49. The Morgan fingerprint density at radius 1 is 1.24 bits per heavy atom. The van der Waals surface area contributed by atoms with Crippen LogP contribution in [0.1, 0.15) is 44.9 Å². The number of rotatable bonds is 3. The Morgan fingerprint density at radius 3 is 2.29 bits per heavy atom. The number of amides is 1. The first kappa shape index (κ1) is 13.5. The lowest BCUT2D eigenvalue weighted by molar-refractivity contribution is -0.138. The van der Waals surface area contributed by atoms with Crippen molar-refractivity contribution in [2.24, 2.45) is 5.41 Å². The van der Waals surface area contributed by atoms with Gasteiger partial charge in [0, 0.05) is 13.6 Å². The van der Waals surface area contributed by atoms with Crippen LogP contribution in [0.4, 0.5) is 0 Å². The SMILES string of the molecule is CN(CCC#N)C(=O)C1(C#N)CCCCCC1. The molecule has 0 unspecified atom stereocenters. The summed E-state index contributed by atoms with van der Waals surface area (Å²) >= 11 is 0. The molecule has 0 N–H and O–H groups in total. The van der Waals surface area contributed by atoms with Gasteiger partial charge in [0.1, 0.15) is 5.41 Å². The Bertz CT molecular complexity index is 343. The van der Waals surface area contributed by atoms with E-state index in [9.17, 15) is 10.1 Å². The first-order valence-electron chi connectivity index (χ1n) is 6.20. The van der Waals surface area contributed by atoms with E-state index in [2.05, 4.69) is 6.07 Å². The zero-order chi connectivity index (χ0) is 12.7. The van der Waals surface area contributed by atoms with Gasteiger partial charge in [0.15, 0.2) is 0 Å². The lowest BCUT2D eigenvalue weighted by atomic mass is 9.80. The Morgan fingerprint density at radius 2 is 1.82 bits per heavy atom. The van der Waals surface area contributed by atoms with Crippen LogP contribution in [-0.4, -0.2) is 24.4 Å². The second kappa shape index (κ2) is 6.25. The van der Waals surface area contributed by atoms with Gasteiger partial charge in [0.05, 0.1) is 18.6 Å². The van der Waals surface area contributed by atoms with Crippen molar-refractivity contribution < 1.29 is 4.79 Å². The molecule has 1 amide bonds. The maximum absolute atomic E-state index is 12.3. The molecule has 1 aliphatic rings. The largest absolute Gasteiger partial charge is 0.343 e. The monoisotopic (exact) mass is 233 g/mol. The first-order chi connectivity index (χ1) is 8.16. The average molecular weight is 233 g/mol. The molecule has 1 aliphatic carbocycles. The Kier molecular flexibility index (Phi) is 4.97.